The van der Waals surface area contributed by atoms with Crippen LogP contribution >= 0.6 is 11.3 Å². The molecule has 0 bridgehead atoms. The molecule has 0 spiro atoms. The second kappa shape index (κ2) is 7.16. The number of amides is 1. The maximum absolute atomic E-state index is 12.4. The summed E-state index contributed by atoms with van der Waals surface area (Å²) in [5.41, 5.74) is 0.965. The van der Waals surface area contributed by atoms with Gasteiger partial charge in [-0.25, -0.2) is 8.42 Å². The molecular weight excluding hydrogens is 336 g/mol. The molecule has 0 atom stereocenters. The average molecular weight is 354 g/mol. The summed E-state index contributed by atoms with van der Waals surface area (Å²) in [5, 5.41) is 11.5. The molecule has 2 rings (SSSR count). The molecule has 124 valence electrons. The summed E-state index contributed by atoms with van der Waals surface area (Å²) in [6.45, 7) is 3.52. The zero-order valence-corrected chi connectivity index (χ0v) is 14.7. The van der Waals surface area contributed by atoms with Crippen molar-refractivity contribution in [1.29, 1.82) is 0 Å². The van der Waals surface area contributed by atoms with Crippen LogP contribution in [0.15, 0.2) is 29.2 Å². The van der Waals surface area contributed by atoms with Gasteiger partial charge in [0.2, 0.25) is 21.1 Å². The van der Waals surface area contributed by atoms with E-state index >= 15 is 0 Å². The molecule has 9 heteroatoms. The predicted molar refractivity (Wildman–Crippen MR) is 88.9 cm³/mol. The van der Waals surface area contributed by atoms with E-state index in [1.807, 2.05) is 13.8 Å². The normalized spacial score (nSPS) is 11.7. The Balaban J connectivity index is 2.03. The lowest BCUT2D eigenvalue weighted by atomic mass is 10.2. The summed E-state index contributed by atoms with van der Waals surface area (Å²) in [6.07, 6.45) is 0.731. The van der Waals surface area contributed by atoms with Crippen molar-refractivity contribution >= 4 is 32.4 Å². The second-order valence-electron chi connectivity index (χ2n) is 4.98. The Bertz CT molecular complexity index is 785. The van der Waals surface area contributed by atoms with Crippen molar-refractivity contribution in [1.82, 2.24) is 14.5 Å². The zero-order chi connectivity index (χ0) is 17.0. The van der Waals surface area contributed by atoms with E-state index in [4.69, 9.17) is 0 Å². The van der Waals surface area contributed by atoms with Crippen LogP contribution in [0, 0.1) is 6.92 Å². The first kappa shape index (κ1) is 17.5. The summed E-state index contributed by atoms with van der Waals surface area (Å²) in [4.78, 5) is 12.1. The van der Waals surface area contributed by atoms with Crippen LogP contribution in [-0.4, -0.2) is 42.4 Å². The first-order valence-corrected chi connectivity index (χ1v) is 9.24. The van der Waals surface area contributed by atoms with Crippen molar-refractivity contribution in [3.8, 4) is 0 Å². The molecule has 1 aromatic carbocycles. The third-order valence-corrected chi connectivity index (χ3v) is 5.91. The lowest BCUT2D eigenvalue weighted by molar-refractivity contribution is -0.116. The average Bonchev–Trinajstić information content (AvgIpc) is 2.95. The van der Waals surface area contributed by atoms with Crippen LogP contribution in [0.25, 0.3) is 0 Å². The SMILES string of the molecule is CCc1nnc(NC(=O)CN(C)S(=O)(=O)c2ccc(C)cc2)s1. The Labute approximate surface area is 139 Å². The fourth-order valence-electron chi connectivity index (χ4n) is 1.78. The Morgan fingerprint density at radius 2 is 1.91 bits per heavy atom. The van der Waals surface area contributed by atoms with Gasteiger partial charge in [-0.2, -0.15) is 4.31 Å². The molecule has 0 aliphatic heterocycles. The van der Waals surface area contributed by atoms with Gasteiger partial charge < -0.3 is 0 Å². The fourth-order valence-corrected chi connectivity index (χ4v) is 3.61. The van der Waals surface area contributed by atoms with Gasteiger partial charge in [-0.05, 0) is 25.5 Å². The van der Waals surface area contributed by atoms with Crippen LogP contribution in [0.3, 0.4) is 0 Å². The largest absolute Gasteiger partial charge is 0.299 e. The molecule has 0 aliphatic carbocycles. The molecule has 1 amide bonds. The summed E-state index contributed by atoms with van der Waals surface area (Å²) < 4.78 is 25.8. The van der Waals surface area contributed by atoms with E-state index < -0.39 is 15.9 Å². The smallest absolute Gasteiger partial charge is 0.243 e. The minimum atomic E-state index is -3.70. The minimum absolute atomic E-state index is 0.155. The van der Waals surface area contributed by atoms with Crippen LogP contribution in [0.5, 0.6) is 0 Å². The van der Waals surface area contributed by atoms with Gasteiger partial charge in [0, 0.05) is 7.05 Å². The van der Waals surface area contributed by atoms with Crippen molar-refractivity contribution in [2.45, 2.75) is 25.2 Å². The molecule has 1 aromatic heterocycles. The molecule has 7 nitrogen and oxygen atoms in total. The molecule has 0 radical (unpaired) electrons. The second-order valence-corrected chi connectivity index (χ2v) is 8.08. The Morgan fingerprint density at radius 3 is 2.48 bits per heavy atom. The maximum atomic E-state index is 12.4. The van der Waals surface area contributed by atoms with Gasteiger partial charge in [0.1, 0.15) is 5.01 Å². The molecule has 23 heavy (non-hydrogen) atoms. The Kier molecular flexibility index (Phi) is 5.45. The monoisotopic (exact) mass is 354 g/mol. The number of sulfonamides is 1. The van der Waals surface area contributed by atoms with E-state index in [0.717, 1.165) is 21.3 Å². The van der Waals surface area contributed by atoms with E-state index in [1.54, 1.807) is 12.1 Å². The van der Waals surface area contributed by atoms with Crippen LogP contribution in [0.1, 0.15) is 17.5 Å². The molecule has 0 fully saturated rings. The van der Waals surface area contributed by atoms with E-state index in [9.17, 15) is 13.2 Å². The van der Waals surface area contributed by atoms with Gasteiger partial charge in [-0.15, -0.1) is 10.2 Å². The molecule has 0 aliphatic rings. The maximum Gasteiger partial charge on any atom is 0.243 e. The molecular formula is C14H18N4O3S2. The zero-order valence-electron chi connectivity index (χ0n) is 13.1. The van der Waals surface area contributed by atoms with Crippen molar-refractivity contribution in [2.24, 2.45) is 0 Å². The highest BCUT2D eigenvalue weighted by molar-refractivity contribution is 7.89. The number of likely N-dealkylation sites (N-methyl/N-ethyl adjacent to an activating group) is 1. The highest BCUT2D eigenvalue weighted by atomic mass is 32.2. The first-order valence-electron chi connectivity index (χ1n) is 6.98. The fraction of sp³-hybridized carbons (Fsp3) is 0.357. The number of aryl methyl sites for hydroxylation is 2. The van der Waals surface area contributed by atoms with Gasteiger partial charge in [0.05, 0.1) is 11.4 Å². The number of carbonyl (C=O) groups excluding carboxylic acids is 1. The summed E-state index contributed by atoms with van der Waals surface area (Å²) in [6, 6.07) is 6.48. The van der Waals surface area contributed by atoms with Crippen LogP contribution in [0.4, 0.5) is 5.13 Å². The summed E-state index contributed by atoms with van der Waals surface area (Å²) >= 11 is 1.27. The predicted octanol–water partition coefficient (Wildman–Crippen LogP) is 1.67. The number of nitrogens with zero attached hydrogens (tertiary/aromatic N) is 3. The van der Waals surface area contributed by atoms with Crippen molar-refractivity contribution in [2.75, 3.05) is 18.9 Å². The minimum Gasteiger partial charge on any atom is -0.299 e. The number of benzene rings is 1. The van der Waals surface area contributed by atoms with Crippen LogP contribution in [0.2, 0.25) is 0 Å². The van der Waals surface area contributed by atoms with Crippen molar-refractivity contribution in [3.05, 3.63) is 34.8 Å². The highest BCUT2D eigenvalue weighted by Crippen LogP contribution is 2.17. The third kappa shape index (κ3) is 4.34. The quantitative estimate of drug-likeness (QED) is 0.852. The topological polar surface area (TPSA) is 92.3 Å². The molecule has 0 saturated heterocycles. The summed E-state index contributed by atoms with van der Waals surface area (Å²) in [7, 11) is -2.34. The number of hydrogen-bond donors (Lipinski definition) is 1. The van der Waals surface area contributed by atoms with Crippen molar-refractivity contribution in [3.63, 3.8) is 0 Å². The van der Waals surface area contributed by atoms with Gasteiger partial charge in [0.15, 0.2) is 0 Å². The molecule has 1 N–H and O–H groups in total. The molecule has 0 unspecified atom stereocenters. The van der Waals surface area contributed by atoms with Gasteiger partial charge >= 0.3 is 0 Å². The van der Waals surface area contributed by atoms with Gasteiger partial charge in [-0.3, -0.25) is 10.1 Å². The first-order chi connectivity index (χ1) is 10.8. The van der Waals surface area contributed by atoms with Crippen molar-refractivity contribution < 1.29 is 13.2 Å². The van der Waals surface area contributed by atoms with Crippen LogP contribution in [-0.2, 0) is 21.2 Å². The number of anilines is 1. The third-order valence-electron chi connectivity index (χ3n) is 3.11. The number of carbonyl (C=O) groups is 1. The standard InChI is InChI=1S/C14H18N4O3S2/c1-4-13-16-17-14(22-13)15-12(19)9-18(3)23(20,21)11-7-5-10(2)6-8-11/h5-8H,4,9H2,1-3H3,(H,15,17,19). The Hall–Kier alpha value is -1.84. The lowest BCUT2D eigenvalue weighted by Gasteiger charge is -2.16. The number of nitrogens with one attached hydrogen (secondary N) is 1. The molecule has 1 heterocycles. The van der Waals surface area contributed by atoms with Crippen LogP contribution < -0.4 is 5.32 Å². The summed E-state index contributed by atoms with van der Waals surface area (Å²) in [5.74, 6) is -0.456. The van der Waals surface area contributed by atoms with E-state index in [1.165, 1.54) is 30.5 Å². The van der Waals surface area contributed by atoms with E-state index in [2.05, 4.69) is 15.5 Å². The lowest BCUT2D eigenvalue weighted by Crippen LogP contribution is -2.34. The molecule has 0 saturated carbocycles. The Morgan fingerprint density at radius 1 is 1.26 bits per heavy atom. The van der Waals surface area contributed by atoms with E-state index in [0.29, 0.717) is 5.13 Å². The highest BCUT2D eigenvalue weighted by Gasteiger charge is 2.23. The van der Waals surface area contributed by atoms with Gasteiger partial charge in [0.25, 0.3) is 0 Å². The number of aromatic nitrogens is 2. The number of rotatable bonds is 6. The molecule has 2 aromatic rings. The number of hydrogen-bond acceptors (Lipinski definition) is 6. The van der Waals surface area contributed by atoms with E-state index in [-0.39, 0.29) is 11.4 Å². The van der Waals surface area contributed by atoms with Gasteiger partial charge in [-0.1, -0.05) is 36.0 Å².